The topological polar surface area (TPSA) is 102 Å². The fourth-order valence-corrected chi connectivity index (χ4v) is 2.49. The molecule has 2 N–H and O–H groups in total. The van der Waals surface area contributed by atoms with Gasteiger partial charge in [-0.3, -0.25) is 9.59 Å². The molecule has 0 heterocycles. The highest BCUT2D eigenvalue weighted by atomic mass is 16.7. The molecule has 0 fully saturated rings. The number of aliphatic carboxylic acids is 1. The van der Waals surface area contributed by atoms with Crippen molar-refractivity contribution >= 4 is 18.0 Å². The lowest BCUT2D eigenvalue weighted by Crippen LogP contribution is -2.36. The van der Waals surface area contributed by atoms with E-state index in [0.29, 0.717) is 18.3 Å². The summed E-state index contributed by atoms with van der Waals surface area (Å²) < 4.78 is 9.84. The molecule has 0 aliphatic heterocycles. The highest BCUT2D eigenvalue weighted by Gasteiger charge is 2.24. The van der Waals surface area contributed by atoms with Gasteiger partial charge in [0.25, 0.3) is 0 Å². The van der Waals surface area contributed by atoms with Gasteiger partial charge < -0.3 is 19.9 Å². The van der Waals surface area contributed by atoms with Crippen molar-refractivity contribution in [3.8, 4) is 0 Å². The average Bonchev–Trinajstić information content (AvgIpc) is 2.48. The summed E-state index contributed by atoms with van der Waals surface area (Å²) in [6, 6.07) is 0. The van der Waals surface area contributed by atoms with Crippen LogP contribution in [0.4, 0.5) is 4.79 Å². The number of amides is 1. The number of carbonyl (C=O) groups is 3. The lowest BCUT2D eigenvalue weighted by atomic mass is 9.86. The molecule has 3 atom stereocenters. The number of nitrogens with one attached hydrogen (secondary N) is 1. The molecule has 0 saturated heterocycles. The summed E-state index contributed by atoms with van der Waals surface area (Å²) in [5.74, 6) is -1.62. The van der Waals surface area contributed by atoms with E-state index in [0.717, 1.165) is 12.8 Å². The van der Waals surface area contributed by atoms with Gasteiger partial charge in [-0.1, -0.05) is 41.0 Å². The van der Waals surface area contributed by atoms with E-state index in [1.54, 1.807) is 13.8 Å². The maximum atomic E-state index is 11.7. The minimum absolute atomic E-state index is 0.0202. The van der Waals surface area contributed by atoms with Crippen molar-refractivity contribution in [2.45, 2.75) is 67.1 Å². The van der Waals surface area contributed by atoms with Gasteiger partial charge in [0.05, 0.1) is 11.8 Å². The number of carboxylic acids is 1. The molecule has 146 valence electrons. The molecule has 0 saturated carbocycles. The van der Waals surface area contributed by atoms with E-state index >= 15 is 0 Å². The molecular formula is C18H33NO6. The molecule has 0 aliphatic carbocycles. The van der Waals surface area contributed by atoms with Gasteiger partial charge in [0, 0.05) is 13.5 Å². The molecule has 25 heavy (non-hydrogen) atoms. The van der Waals surface area contributed by atoms with Crippen LogP contribution in [0.3, 0.4) is 0 Å². The molecule has 1 amide bonds. The largest absolute Gasteiger partial charge is 0.481 e. The number of esters is 1. The zero-order chi connectivity index (χ0) is 19.6. The predicted molar refractivity (Wildman–Crippen MR) is 93.9 cm³/mol. The lowest BCUT2D eigenvalue weighted by molar-refractivity contribution is -0.168. The normalized spacial score (nSPS) is 14.7. The molecule has 0 aliphatic rings. The Kier molecular flexibility index (Phi) is 10.9. The Labute approximate surface area is 150 Å². The van der Waals surface area contributed by atoms with E-state index in [1.165, 1.54) is 6.92 Å². The Balaban J connectivity index is 4.43. The number of hydrogen-bond acceptors (Lipinski definition) is 5. The molecule has 0 aromatic carbocycles. The molecule has 0 bridgehead atoms. The van der Waals surface area contributed by atoms with Gasteiger partial charge in [0.2, 0.25) is 6.29 Å². The molecule has 0 radical (unpaired) electrons. The first-order chi connectivity index (χ1) is 11.6. The van der Waals surface area contributed by atoms with Gasteiger partial charge >= 0.3 is 18.0 Å². The van der Waals surface area contributed by atoms with Crippen LogP contribution in [0.2, 0.25) is 0 Å². The van der Waals surface area contributed by atoms with Crippen LogP contribution in [-0.2, 0) is 19.1 Å². The minimum atomic E-state index is -1.03. The Bertz CT molecular complexity index is 435. The van der Waals surface area contributed by atoms with E-state index in [2.05, 4.69) is 19.2 Å². The van der Waals surface area contributed by atoms with Crippen molar-refractivity contribution in [1.82, 2.24) is 5.32 Å². The zero-order valence-corrected chi connectivity index (χ0v) is 16.2. The van der Waals surface area contributed by atoms with Crippen LogP contribution < -0.4 is 5.32 Å². The van der Waals surface area contributed by atoms with Gasteiger partial charge in [0.1, 0.15) is 0 Å². The van der Waals surface area contributed by atoms with Crippen molar-refractivity contribution in [1.29, 1.82) is 0 Å². The van der Waals surface area contributed by atoms with E-state index in [-0.39, 0.29) is 12.5 Å². The van der Waals surface area contributed by atoms with Gasteiger partial charge in [-0.25, -0.2) is 4.79 Å². The minimum Gasteiger partial charge on any atom is -0.481 e. The number of carbonyl (C=O) groups excluding carboxylic acids is 2. The third-order valence-corrected chi connectivity index (χ3v) is 3.87. The summed E-state index contributed by atoms with van der Waals surface area (Å²) in [5, 5.41) is 11.8. The van der Waals surface area contributed by atoms with Crippen molar-refractivity contribution in [2.24, 2.45) is 23.7 Å². The van der Waals surface area contributed by atoms with Crippen LogP contribution in [0.5, 0.6) is 0 Å². The maximum Gasteiger partial charge on any atom is 0.410 e. The van der Waals surface area contributed by atoms with Crippen molar-refractivity contribution < 1.29 is 29.0 Å². The zero-order valence-electron chi connectivity index (χ0n) is 16.2. The average molecular weight is 359 g/mol. The smallest absolute Gasteiger partial charge is 0.410 e. The SMILES string of the molecule is CC[C@H](CC(C)C)C[C@H](CNC(=O)O[C@@H](C)OC(=O)C(C)C)C(=O)O. The number of carboxylic acid groups (broad SMARTS) is 1. The number of ether oxygens (including phenoxy) is 2. The first-order valence-corrected chi connectivity index (χ1v) is 8.94. The summed E-state index contributed by atoms with van der Waals surface area (Å²) in [7, 11) is 0. The third-order valence-electron chi connectivity index (χ3n) is 3.87. The summed E-state index contributed by atoms with van der Waals surface area (Å²) in [6.45, 7) is 11.0. The van der Waals surface area contributed by atoms with Crippen LogP contribution in [-0.4, -0.2) is 36.0 Å². The number of alkyl carbamates (subject to hydrolysis) is 1. The predicted octanol–water partition coefficient (Wildman–Crippen LogP) is 3.42. The Morgan fingerprint density at radius 1 is 1.00 bits per heavy atom. The van der Waals surface area contributed by atoms with Crippen molar-refractivity contribution in [2.75, 3.05) is 6.54 Å². The Hall–Kier alpha value is -1.79. The molecule has 0 rings (SSSR count). The lowest BCUT2D eigenvalue weighted by Gasteiger charge is -2.22. The quantitative estimate of drug-likeness (QED) is 0.433. The molecule has 0 aromatic heterocycles. The molecule has 0 aromatic rings. The second-order valence-electron chi connectivity index (χ2n) is 7.12. The molecular weight excluding hydrogens is 326 g/mol. The molecule has 0 unspecified atom stereocenters. The van der Waals surface area contributed by atoms with Gasteiger partial charge in [-0.2, -0.15) is 0 Å². The molecule has 0 spiro atoms. The van der Waals surface area contributed by atoms with Crippen LogP contribution in [0.25, 0.3) is 0 Å². The third kappa shape index (κ3) is 10.6. The van der Waals surface area contributed by atoms with Gasteiger partial charge in [-0.05, 0) is 24.7 Å². The summed E-state index contributed by atoms with van der Waals surface area (Å²) in [6.07, 6.45) is 0.527. The number of rotatable bonds is 11. The van der Waals surface area contributed by atoms with Crippen LogP contribution in [0, 0.1) is 23.7 Å². The monoisotopic (exact) mass is 359 g/mol. The van der Waals surface area contributed by atoms with E-state index in [1.807, 2.05) is 6.92 Å². The number of hydrogen-bond donors (Lipinski definition) is 2. The summed E-state index contributed by atoms with van der Waals surface area (Å²) >= 11 is 0. The van der Waals surface area contributed by atoms with E-state index < -0.39 is 30.2 Å². The van der Waals surface area contributed by atoms with E-state index in [9.17, 15) is 19.5 Å². The standard InChI is InChI=1S/C18H33NO6/c1-7-14(8-11(2)3)9-15(16(20)21)10-19-18(23)25-13(6)24-17(22)12(4)5/h11-15H,7-10H2,1-6H3,(H,19,23)(H,20,21)/t13-,14+,15+/m0/s1. The second kappa shape index (κ2) is 11.7. The van der Waals surface area contributed by atoms with Crippen molar-refractivity contribution in [3.05, 3.63) is 0 Å². The van der Waals surface area contributed by atoms with Gasteiger partial charge in [-0.15, -0.1) is 0 Å². The van der Waals surface area contributed by atoms with Crippen molar-refractivity contribution in [3.63, 3.8) is 0 Å². The van der Waals surface area contributed by atoms with Gasteiger partial charge in [0.15, 0.2) is 0 Å². The molecule has 7 nitrogen and oxygen atoms in total. The van der Waals surface area contributed by atoms with E-state index in [4.69, 9.17) is 9.47 Å². The first kappa shape index (κ1) is 23.2. The summed E-state index contributed by atoms with van der Waals surface area (Å²) in [4.78, 5) is 34.6. The Morgan fingerprint density at radius 3 is 2.04 bits per heavy atom. The van der Waals surface area contributed by atoms with Crippen LogP contribution in [0.15, 0.2) is 0 Å². The summed E-state index contributed by atoms with van der Waals surface area (Å²) in [5.41, 5.74) is 0. The molecule has 7 heteroatoms. The Morgan fingerprint density at radius 2 is 1.60 bits per heavy atom. The fraction of sp³-hybridized carbons (Fsp3) is 0.833. The maximum absolute atomic E-state index is 11.7. The fourth-order valence-electron chi connectivity index (χ4n) is 2.49. The first-order valence-electron chi connectivity index (χ1n) is 8.94. The van der Waals surface area contributed by atoms with Crippen LogP contribution >= 0.6 is 0 Å². The second-order valence-corrected chi connectivity index (χ2v) is 7.12. The highest BCUT2D eigenvalue weighted by molar-refractivity contribution is 5.73. The van der Waals surface area contributed by atoms with Crippen LogP contribution in [0.1, 0.15) is 60.8 Å². The highest BCUT2D eigenvalue weighted by Crippen LogP contribution is 2.23.